The Hall–Kier alpha value is -2.38. The quantitative estimate of drug-likeness (QED) is 0.607. The van der Waals surface area contributed by atoms with E-state index in [1.807, 2.05) is 39.2 Å². The van der Waals surface area contributed by atoms with E-state index in [-0.39, 0.29) is 12.1 Å². The summed E-state index contributed by atoms with van der Waals surface area (Å²) >= 11 is 6.31. The molecular formula is C26H36ClN5O2. The predicted octanol–water partition coefficient (Wildman–Crippen LogP) is 5.10. The van der Waals surface area contributed by atoms with Gasteiger partial charge in [0, 0.05) is 60.0 Å². The molecule has 0 aromatic carbocycles. The molecule has 7 nitrogen and oxygen atoms in total. The summed E-state index contributed by atoms with van der Waals surface area (Å²) in [5, 5.41) is 3.48. The monoisotopic (exact) mass is 485 g/mol. The third-order valence-corrected chi connectivity index (χ3v) is 6.77. The third kappa shape index (κ3) is 6.39. The number of aromatic nitrogens is 2. The molecule has 2 aliphatic heterocycles. The van der Waals surface area contributed by atoms with Crippen LogP contribution in [0, 0.1) is 0 Å². The number of ether oxygens (including phenoxy) is 1. The maximum absolute atomic E-state index is 12.3. The zero-order valence-corrected chi connectivity index (χ0v) is 21.4. The van der Waals surface area contributed by atoms with E-state index in [0.29, 0.717) is 17.6 Å². The smallest absolute Gasteiger partial charge is 0.407 e. The second-order valence-corrected chi connectivity index (χ2v) is 10.9. The van der Waals surface area contributed by atoms with Gasteiger partial charge >= 0.3 is 6.09 Å². The van der Waals surface area contributed by atoms with Crippen molar-refractivity contribution in [1.29, 1.82) is 0 Å². The lowest BCUT2D eigenvalue weighted by molar-refractivity contribution is 0.0500. The van der Waals surface area contributed by atoms with Crippen LogP contribution < -0.4 is 10.2 Å². The number of halogens is 1. The van der Waals surface area contributed by atoms with Gasteiger partial charge in [0.15, 0.2) is 0 Å². The molecule has 2 saturated heterocycles. The number of alkyl carbamates (subject to hydrolysis) is 1. The Bertz CT molecular complexity index is 984. The van der Waals surface area contributed by atoms with Crippen molar-refractivity contribution in [3.63, 3.8) is 0 Å². The van der Waals surface area contributed by atoms with Crippen LogP contribution in [0.25, 0.3) is 11.1 Å². The topological polar surface area (TPSA) is 70.6 Å². The zero-order valence-electron chi connectivity index (χ0n) is 20.7. The van der Waals surface area contributed by atoms with Crippen molar-refractivity contribution in [1.82, 2.24) is 20.2 Å². The second kappa shape index (κ2) is 10.5. The van der Waals surface area contributed by atoms with Gasteiger partial charge in [-0.1, -0.05) is 17.7 Å². The maximum atomic E-state index is 12.3. The van der Waals surface area contributed by atoms with Crippen LogP contribution >= 0.6 is 11.6 Å². The zero-order chi connectivity index (χ0) is 24.3. The average molecular weight is 486 g/mol. The molecule has 1 amide bonds. The minimum Gasteiger partial charge on any atom is -0.444 e. The van der Waals surface area contributed by atoms with Crippen LogP contribution in [-0.2, 0) is 4.74 Å². The Morgan fingerprint density at radius 3 is 2.56 bits per heavy atom. The lowest BCUT2D eigenvalue weighted by atomic mass is 9.92. The van der Waals surface area contributed by atoms with Crippen molar-refractivity contribution < 1.29 is 9.53 Å². The highest BCUT2D eigenvalue weighted by Crippen LogP contribution is 2.35. The summed E-state index contributed by atoms with van der Waals surface area (Å²) in [5.74, 6) is 0.523. The molecule has 34 heavy (non-hydrogen) atoms. The van der Waals surface area contributed by atoms with E-state index in [1.54, 1.807) is 0 Å². The van der Waals surface area contributed by atoms with Crippen LogP contribution in [-0.4, -0.2) is 65.8 Å². The van der Waals surface area contributed by atoms with Crippen LogP contribution in [0.15, 0.2) is 30.6 Å². The van der Waals surface area contributed by atoms with E-state index < -0.39 is 5.60 Å². The average Bonchev–Trinajstić information content (AvgIpc) is 2.79. The first kappa shape index (κ1) is 24.7. The van der Waals surface area contributed by atoms with Gasteiger partial charge in [-0.05, 0) is 78.7 Å². The molecule has 2 aromatic rings. The van der Waals surface area contributed by atoms with Crippen molar-refractivity contribution in [3.05, 3.63) is 41.4 Å². The van der Waals surface area contributed by atoms with E-state index in [0.717, 1.165) is 62.1 Å². The van der Waals surface area contributed by atoms with Gasteiger partial charge < -0.3 is 19.9 Å². The van der Waals surface area contributed by atoms with E-state index in [9.17, 15) is 4.79 Å². The third-order valence-electron chi connectivity index (χ3n) is 6.57. The highest BCUT2D eigenvalue weighted by molar-refractivity contribution is 6.29. The lowest BCUT2D eigenvalue weighted by Crippen LogP contribution is -2.49. The van der Waals surface area contributed by atoms with Gasteiger partial charge in [0.25, 0.3) is 0 Å². The first-order chi connectivity index (χ1) is 16.2. The summed E-state index contributed by atoms with van der Waals surface area (Å²) in [4.78, 5) is 26.1. The molecule has 0 saturated carbocycles. The maximum Gasteiger partial charge on any atom is 0.407 e. The lowest BCUT2D eigenvalue weighted by Gasteiger charge is -2.36. The van der Waals surface area contributed by atoms with Crippen LogP contribution in [0.5, 0.6) is 0 Å². The Morgan fingerprint density at radius 1 is 1.12 bits per heavy atom. The van der Waals surface area contributed by atoms with Crippen molar-refractivity contribution in [2.45, 2.75) is 64.0 Å². The van der Waals surface area contributed by atoms with E-state index in [1.165, 1.54) is 5.69 Å². The SMILES string of the molecule is CN1CCC(c2ccc(-c3cnc(Cl)cc3N3CCC[C@H](NC(=O)OC(C)(C)C)C3)cn2)CC1. The Balaban J connectivity index is 1.50. The molecule has 2 aromatic heterocycles. The number of pyridine rings is 2. The number of hydrogen-bond donors (Lipinski definition) is 1. The number of hydrogen-bond acceptors (Lipinski definition) is 6. The van der Waals surface area contributed by atoms with Gasteiger partial charge in [-0.15, -0.1) is 0 Å². The van der Waals surface area contributed by atoms with E-state index >= 15 is 0 Å². The van der Waals surface area contributed by atoms with Gasteiger partial charge in [-0.25, -0.2) is 9.78 Å². The van der Waals surface area contributed by atoms with Crippen LogP contribution in [0.2, 0.25) is 5.15 Å². The normalized spacial score (nSPS) is 20.3. The van der Waals surface area contributed by atoms with Gasteiger partial charge in [-0.3, -0.25) is 4.98 Å². The summed E-state index contributed by atoms with van der Waals surface area (Å²) in [6, 6.07) is 6.23. The molecule has 0 spiro atoms. The first-order valence-corrected chi connectivity index (χ1v) is 12.6. The first-order valence-electron chi connectivity index (χ1n) is 12.2. The number of carbonyl (C=O) groups excluding carboxylic acids is 1. The standard InChI is InChI=1S/C26H36ClN5O2/c1-26(2,3)34-25(33)30-20-6-5-11-32(17-20)23-14-24(27)29-16-21(23)19-7-8-22(28-15-19)18-9-12-31(4)13-10-18/h7-8,14-16,18,20H,5-6,9-13,17H2,1-4H3,(H,30,33)/t20-/m0/s1. The molecule has 0 radical (unpaired) electrons. The van der Waals surface area contributed by atoms with Gasteiger partial charge in [0.05, 0.1) is 0 Å². The van der Waals surface area contributed by atoms with Crippen LogP contribution in [0.3, 0.4) is 0 Å². The Kier molecular flexibility index (Phi) is 7.63. The van der Waals surface area contributed by atoms with Crippen LogP contribution in [0.4, 0.5) is 10.5 Å². The van der Waals surface area contributed by atoms with Crippen LogP contribution in [0.1, 0.15) is 58.1 Å². The van der Waals surface area contributed by atoms with Crippen molar-refractivity contribution in [2.75, 3.05) is 38.1 Å². The van der Waals surface area contributed by atoms with Crippen molar-refractivity contribution in [2.24, 2.45) is 0 Å². The Morgan fingerprint density at radius 2 is 1.88 bits per heavy atom. The molecule has 4 rings (SSSR count). The van der Waals surface area contributed by atoms with E-state index in [2.05, 4.69) is 39.3 Å². The number of rotatable bonds is 4. The molecular weight excluding hydrogens is 450 g/mol. The fraction of sp³-hybridized carbons (Fsp3) is 0.577. The summed E-state index contributed by atoms with van der Waals surface area (Å²) in [6.07, 6.45) is 7.59. The van der Waals surface area contributed by atoms with Gasteiger partial charge in [-0.2, -0.15) is 0 Å². The number of anilines is 1. The number of nitrogens with zero attached hydrogens (tertiary/aromatic N) is 4. The fourth-order valence-corrected chi connectivity index (χ4v) is 4.95. The molecule has 1 N–H and O–H groups in total. The molecule has 4 heterocycles. The molecule has 8 heteroatoms. The summed E-state index contributed by atoms with van der Waals surface area (Å²) < 4.78 is 5.45. The molecule has 2 aliphatic rings. The van der Waals surface area contributed by atoms with Crippen molar-refractivity contribution >= 4 is 23.4 Å². The van der Waals surface area contributed by atoms with E-state index in [4.69, 9.17) is 21.3 Å². The van der Waals surface area contributed by atoms with Gasteiger partial charge in [0.1, 0.15) is 10.8 Å². The summed E-state index contributed by atoms with van der Waals surface area (Å²) in [6.45, 7) is 9.43. The minimum atomic E-state index is -0.517. The predicted molar refractivity (Wildman–Crippen MR) is 137 cm³/mol. The Labute approximate surface area is 207 Å². The second-order valence-electron chi connectivity index (χ2n) is 10.5. The number of piperidine rings is 2. The molecule has 184 valence electrons. The minimum absolute atomic E-state index is 0.00771. The number of nitrogens with one attached hydrogen (secondary N) is 1. The van der Waals surface area contributed by atoms with Crippen molar-refractivity contribution in [3.8, 4) is 11.1 Å². The largest absolute Gasteiger partial charge is 0.444 e. The van der Waals surface area contributed by atoms with Gasteiger partial charge in [0.2, 0.25) is 0 Å². The summed E-state index contributed by atoms with van der Waals surface area (Å²) in [7, 11) is 2.18. The molecule has 0 unspecified atom stereocenters. The number of carbonyl (C=O) groups is 1. The number of likely N-dealkylation sites (tertiary alicyclic amines) is 1. The number of amides is 1. The molecule has 2 fully saturated rings. The highest BCUT2D eigenvalue weighted by atomic mass is 35.5. The molecule has 1 atom stereocenters. The molecule has 0 bridgehead atoms. The fourth-order valence-electron chi connectivity index (χ4n) is 4.80. The molecule has 0 aliphatic carbocycles. The summed E-state index contributed by atoms with van der Waals surface area (Å²) in [5.41, 5.74) is 3.70. The highest BCUT2D eigenvalue weighted by Gasteiger charge is 2.26.